The Morgan fingerprint density at radius 1 is 1.04 bits per heavy atom. The van der Waals surface area contributed by atoms with Gasteiger partial charge in [-0.1, -0.05) is 42.5 Å². The molecule has 0 unspecified atom stereocenters. The van der Waals surface area contributed by atoms with Crippen molar-refractivity contribution < 1.29 is 14.3 Å². The molecule has 1 heterocycles. The van der Waals surface area contributed by atoms with Gasteiger partial charge in [0.15, 0.2) is 0 Å². The Kier molecular flexibility index (Phi) is 4.38. The van der Waals surface area contributed by atoms with Crippen LogP contribution in [0.2, 0.25) is 0 Å². The highest BCUT2D eigenvalue weighted by atomic mass is 16.5. The summed E-state index contributed by atoms with van der Waals surface area (Å²) >= 11 is 0. The van der Waals surface area contributed by atoms with E-state index < -0.39 is 0 Å². The van der Waals surface area contributed by atoms with Gasteiger partial charge in [0.05, 0.1) is 23.9 Å². The average molecular weight is 319 g/mol. The van der Waals surface area contributed by atoms with Crippen LogP contribution in [0.15, 0.2) is 54.6 Å². The number of methoxy groups -OCH3 is 1. The van der Waals surface area contributed by atoms with Crippen molar-refractivity contribution in [3.63, 3.8) is 0 Å². The maximum absolute atomic E-state index is 12.1. The van der Waals surface area contributed by atoms with Crippen molar-refractivity contribution in [3.05, 3.63) is 65.7 Å². The third kappa shape index (κ3) is 3.18. The lowest BCUT2D eigenvalue weighted by Gasteiger charge is -2.09. The molecule has 0 amide bonds. The first kappa shape index (κ1) is 15.9. The molecule has 0 spiro atoms. The highest BCUT2D eigenvalue weighted by Crippen LogP contribution is 2.25. The van der Waals surface area contributed by atoms with E-state index in [-0.39, 0.29) is 11.8 Å². The van der Waals surface area contributed by atoms with Crippen molar-refractivity contribution in [2.45, 2.75) is 13.3 Å². The summed E-state index contributed by atoms with van der Waals surface area (Å²) in [5.74, 6) is -0.261. The molecule has 120 valence electrons. The predicted octanol–water partition coefficient (Wildman–Crippen LogP) is 3.82. The molecule has 1 aromatic heterocycles. The minimum Gasteiger partial charge on any atom is -0.465 e. The number of benzene rings is 2. The van der Waals surface area contributed by atoms with Crippen molar-refractivity contribution in [3.8, 4) is 11.3 Å². The second-order valence-electron chi connectivity index (χ2n) is 5.64. The minimum atomic E-state index is -0.386. The Hall–Kier alpha value is -3.01. The van der Waals surface area contributed by atoms with Crippen LogP contribution in [0.3, 0.4) is 0 Å². The number of para-hydroxylation sites is 1. The van der Waals surface area contributed by atoms with Crippen LogP contribution in [0, 0.1) is 0 Å². The first-order valence-corrected chi connectivity index (χ1v) is 7.65. The number of carbonyl (C=O) groups is 2. The van der Waals surface area contributed by atoms with E-state index in [1.807, 2.05) is 48.5 Å². The number of pyridine rings is 1. The minimum absolute atomic E-state index is 0.125. The predicted molar refractivity (Wildman–Crippen MR) is 92.9 cm³/mol. The normalized spacial score (nSPS) is 10.6. The Bertz CT molecular complexity index is 914. The molecule has 0 aliphatic carbocycles. The maximum Gasteiger partial charge on any atom is 0.338 e. The average Bonchev–Trinajstić information content (AvgIpc) is 2.60. The second-order valence-corrected chi connectivity index (χ2v) is 5.64. The summed E-state index contributed by atoms with van der Waals surface area (Å²) in [5, 5.41) is 0.765. The zero-order chi connectivity index (χ0) is 17.1. The molecule has 0 N–H and O–H groups in total. The van der Waals surface area contributed by atoms with Gasteiger partial charge in [-0.05, 0) is 24.6 Å². The van der Waals surface area contributed by atoms with Gasteiger partial charge in [0, 0.05) is 17.4 Å². The summed E-state index contributed by atoms with van der Waals surface area (Å²) in [5.41, 5.74) is 3.77. The number of ether oxygens (including phenoxy) is 1. The van der Waals surface area contributed by atoms with E-state index in [1.165, 1.54) is 7.11 Å². The van der Waals surface area contributed by atoms with Crippen LogP contribution >= 0.6 is 0 Å². The standard InChI is InChI=1S/C20H17NO3/c1-13(22)11-14-7-9-15(10-8-14)19-12-17(20(23)24-2)16-5-3-4-6-18(16)21-19/h3-10,12H,11H2,1-2H3. The van der Waals surface area contributed by atoms with Gasteiger partial charge in [-0.3, -0.25) is 4.79 Å². The molecule has 0 saturated heterocycles. The van der Waals surface area contributed by atoms with Gasteiger partial charge in [-0.15, -0.1) is 0 Å². The van der Waals surface area contributed by atoms with Crippen molar-refractivity contribution in [2.75, 3.05) is 7.11 Å². The number of rotatable bonds is 4. The molecule has 0 saturated carbocycles. The molecule has 3 rings (SSSR count). The van der Waals surface area contributed by atoms with Crippen molar-refractivity contribution in [1.82, 2.24) is 4.98 Å². The molecule has 4 heteroatoms. The van der Waals surface area contributed by atoms with E-state index in [0.29, 0.717) is 17.7 Å². The van der Waals surface area contributed by atoms with Gasteiger partial charge in [0.1, 0.15) is 5.78 Å². The van der Waals surface area contributed by atoms with E-state index in [0.717, 1.165) is 22.0 Å². The fourth-order valence-electron chi connectivity index (χ4n) is 2.68. The number of hydrogen-bond donors (Lipinski definition) is 0. The maximum atomic E-state index is 12.1. The summed E-state index contributed by atoms with van der Waals surface area (Å²) in [6.07, 6.45) is 0.416. The summed E-state index contributed by atoms with van der Waals surface area (Å²) < 4.78 is 4.89. The zero-order valence-corrected chi connectivity index (χ0v) is 13.6. The van der Waals surface area contributed by atoms with E-state index >= 15 is 0 Å². The van der Waals surface area contributed by atoms with Crippen molar-refractivity contribution in [1.29, 1.82) is 0 Å². The Labute approximate surface area is 140 Å². The van der Waals surface area contributed by atoms with Crippen LogP contribution in [0.5, 0.6) is 0 Å². The molecule has 0 fully saturated rings. The Balaban J connectivity index is 2.09. The first-order valence-electron chi connectivity index (χ1n) is 7.65. The van der Waals surface area contributed by atoms with Crippen LogP contribution in [-0.4, -0.2) is 23.8 Å². The molecule has 2 aromatic carbocycles. The Morgan fingerprint density at radius 2 is 1.75 bits per heavy atom. The zero-order valence-electron chi connectivity index (χ0n) is 13.6. The Morgan fingerprint density at radius 3 is 2.42 bits per heavy atom. The summed E-state index contributed by atoms with van der Waals surface area (Å²) in [4.78, 5) is 27.9. The number of fused-ring (bicyclic) bond motifs is 1. The highest BCUT2D eigenvalue weighted by Gasteiger charge is 2.14. The summed E-state index contributed by atoms with van der Waals surface area (Å²) in [6, 6.07) is 16.9. The summed E-state index contributed by atoms with van der Waals surface area (Å²) in [6.45, 7) is 1.57. The van der Waals surface area contributed by atoms with Crippen LogP contribution in [-0.2, 0) is 16.0 Å². The van der Waals surface area contributed by atoms with E-state index in [1.54, 1.807) is 13.0 Å². The lowest BCUT2D eigenvalue weighted by Crippen LogP contribution is -2.04. The van der Waals surface area contributed by atoms with Crippen molar-refractivity contribution >= 4 is 22.7 Å². The fraction of sp³-hybridized carbons (Fsp3) is 0.150. The number of nitrogens with zero attached hydrogens (tertiary/aromatic N) is 1. The molecule has 4 nitrogen and oxygen atoms in total. The van der Waals surface area contributed by atoms with Crippen molar-refractivity contribution in [2.24, 2.45) is 0 Å². The fourth-order valence-corrected chi connectivity index (χ4v) is 2.68. The van der Waals surface area contributed by atoms with E-state index in [9.17, 15) is 9.59 Å². The number of aromatic nitrogens is 1. The number of ketones is 1. The molecule has 0 bridgehead atoms. The molecule has 0 atom stereocenters. The molecular formula is C20H17NO3. The number of esters is 1. The van der Waals surface area contributed by atoms with Crippen LogP contribution in [0.25, 0.3) is 22.2 Å². The van der Waals surface area contributed by atoms with Gasteiger partial charge in [0.2, 0.25) is 0 Å². The van der Waals surface area contributed by atoms with Gasteiger partial charge in [-0.25, -0.2) is 9.78 Å². The van der Waals surface area contributed by atoms with Crippen LogP contribution < -0.4 is 0 Å². The quantitative estimate of drug-likeness (QED) is 0.686. The van der Waals surface area contributed by atoms with Gasteiger partial charge in [0.25, 0.3) is 0 Å². The molecule has 0 aliphatic rings. The van der Waals surface area contributed by atoms with Gasteiger partial charge in [-0.2, -0.15) is 0 Å². The highest BCUT2D eigenvalue weighted by molar-refractivity contribution is 6.04. The second kappa shape index (κ2) is 6.62. The lowest BCUT2D eigenvalue weighted by molar-refractivity contribution is -0.116. The lowest BCUT2D eigenvalue weighted by atomic mass is 10.0. The third-order valence-corrected chi connectivity index (χ3v) is 3.82. The van der Waals surface area contributed by atoms with Gasteiger partial charge < -0.3 is 4.74 Å². The molecular weight excluding hydrogens is 302 g/mol. The molecule has 0 radical (unpaired) electrons. The largest absolute Gasteiger partial charge is 0.465 e. The number of Topliss-reactive ketones (excluding diaryl/α,β-unsaturated/α-hetero) is 1. The van der Waals surface area contributed by atoms with E-state index in [4.69, 9.17) is 4.74 Å². The first-order chi connectivity index (χ1) is 11.6. The monoisotopic (exact) mass is 319 g/mol. The van der Waals surface area contributed by atoms with Gasteiger partial charge >= 0.3 is 5.97 Å². The SMILES string of the molecule is COC(=O)c1cc(-c2ccc(CC(C)=O)cc2)nc2ccccc12. The van der Waals surface area contributed by atoms with E-state index in [2.05, 4.69) is 4.98 Å². The van der Waals surface area contributed by atoms with Crippen LogP contribution in [0.1, 0.15) is 22.8 Å². The smallest absolute Gasteiger partial charge is 0.338 e. The molecule has 0 aliphatic heterocycles. The molecule has 24 heavy (non-hydrogen) atoms. The number of hydrogen-bond acceptors (Lipinski definition) is 4. The topological polar surface area (TPSA) is 56.3 Å². The summed E-state index contributed by atoms with van der Waals surface area (Å²) in [7, 11) is 1.37. The third-order valence-electron chi connectivity index (χ3n) is 3.82. The molecule has 3 aromatic rings. The van der Waals surface area contributed by atoms with Crippen LogP contribution in [0.4, 0.5) is 0 Å². The number of carbonyl (C=O) groups excluding carboxylic acids is 2.